The molecule has 4 nitrogen and oxygen atoms in total. The normalized spacial score (nSPS) is 19.0. The number of fused-ring (bicyclic) bond motifs is 2. The van der Waals surface area contributed by atoms with Gasteiger partial charge >= 0.3 is 0 Å². The first kappa shape index (κ1) is 15.3. The average molecular weight is 338 g/mol. The van der Waals surface area contributed by atoms with Crippen LogP contribution in [0.5, 0.6) is 0 Å². The quantitative estimate of drug-likeness (QED) is 0.885. The second kappa shape index (κ2) is 6.32. The molecular formula is C19H18N2O2S. The Balaban J connectivity index is 1.57. The van der Waals surface area contributed by atoms with E-state index in [9.17, 15) is 9.59 Å². The number of hydrogen-bond acceptors (Lipinski definition) is 3. The zero-order valence-electron chi connectivity index (χ0n) is 13.2. The molecule has 0 bridgehead atoms. The van der Waals surface area contributed by atoms with E-state index in [1.54, 1.807) is 17.8 Å². The molecule has 2 amide bonds. The van der Waals surface area contributed by atoms with Gasteiger partial charge in [-0.05, 0) is 47.4 Å². The highest BCUT2D eigenvalue weighted by atomic mass is 32.2. The Kier molecular flexibility index (Phi) is 4.02. The number of hydrogen-bond donors (Lipinski definition) is 2. The molecule has 2 heterocycles. The molecule has 0 saturated carbocycles. The summed E-state index contributed by atoms with van der Waals surface area (Å²) in [4.78, 5) is 24.7. The van der Waals surface area contributed by atoms with Gasteiger partial charge in [-0.3, -0.25) is 9.59 Å². The smallest absolute Gasteiger partial charge is 0.251 e. The van der Waals surface area contributed by atoms with Crippen molar-refractivity contribution in [2.75, 3.05) is 17.6 Å². The van der Waals surface area contributed by atoms with Crippen molar-refractivity contribution in [3.8, 4) is 0 Å². The molecule has 2 aliphatic rings. The second-order valence-corrected chi connectivity index (χ2v) is 7.28. The van der Waals surface area contributed by atoms with E-state index < -0.39 is 0 Å². The Morgan fingerprint density at radius 1 is 1.12 bits per heavy atom. The van der Waals surface area contributed by atoms with Crippen LogP contribution in [0, 0.1) is 0 Å². The lowest BCUT2D eigenvalue weighted by Gasteiger charge is -2.24. The zero-order valence-corrected chi connectivity index (χ0v) is 14.0. The molecule has 2 aromatic rings. The van der Waals surface area contributed by atoms with E-state index in [2.05, 4.69) is 16.7 Å². The van der Waals surface area contributed by atoms with Crippen LogP contribution in [0.25, 0.3) is 0 Å². The summed E-state index contributed by atoms with van der Waals surface area (Å²) in [6, 6.07) is 13.7. The van der Waals surface area contributed by atoms with E-state index in [0.717, 1.165) is 29.7 Å². The van der Waals surface area contributed by atoms with Crippen LogP contribution in [0.4, 0.5) is 5.69 Å². The number of anilines is 1. The lowest BCUT2D eigenvalue weighted by molar-refractivity contribution is -0.115. The molecule has 122 valence electrons. The molecule has 2 aliphatic heterocycles. The highest BCUT2D eigenvalue weighted by molar-refractivity contribution is 8.00. The first-order chi connectivity index (χ1) is 11.7. The number of carbonyl (C=O) groups excluding carboxylic acids is 2. The van der Waals surface area contributed by atoms with E-state index in [4.69, 9.17) is 0 Å². The van der Waals surface area contributed by atoms with Crippen molar-refractivity contribution in [2.45, 2.75) is 18.1 Å². The van der Waals surface area contributed by atoms with Crippen LogP contribution in [0.3, 0.4) is 0 Å². The maximum absolute atomic E-state index is 12.7. The Morgan fingerprint density at radius 3 is 2.92 bits per heavy atom. The standard InChI is InChI=1S/C19H18N2O2S/c22-18-16-11-14(6-5-13(16)7-9-20-18)21-19(23)17-15-4-2-1-3-12(15)8-10-24-17/h1-6,11,17H,7-10H2,(H,20,22)(H,21,23)/t17-/m0/s1. The summed E-state index contributed by atoms with van der Waals surface area (Å²) in [5.41, 5.74) is 4.73. The molecule has 2 N–H and O–H groups in total. The second-order valence-electron chi connectivity index (χ2n) is 6.07. The Hall–Kier alpha value is -2.27. The summed E-state index contributed by atoms with van der Waals surface area (Å²) in [5.74, 6) is 0.856. The largest absolute Gasteiger partial charge is 0.352 e. The molecule has 0 aliphatic carbocycles. The van der Waals surface area contributed by atoms with Crippen molar-refractivity contribution >= 4 is 29.3 Å². The summed E-state index contributed by atoms with van der Waals surface area (Å²) in [6.45, 7) is 0.674. The van der Waals surface area contributed by atoms with Crippen LogP contribution in [0.15, 0.2) is 42.5 Å². The monoisotopic (exact) mass is 338 g/mol. The van der Waals surface area contributed by atoms with Gasteiger partial charge in [0.05, 0.1) is 0 Å². The van der Waals surface area contributed by atoms with Gasteiger partial charge in [-0.15, -0.1) is 11.8 Å². The van der Waals surface area contributed by atoms with Crippen LogP contribution < -0.4 is 10.6 Å². The summed E-state index contributed by atoms with van der Waals surface area (Å²) in [7, 11) is 0. The van der Waals surface area contributed by atoms with Crippen LogP contribution in [-0.4, -0.2) is 24.1 Å². The molecule has 0 saturated heterocycles. The fourth-order valence-corrected chi connectivity index (χ4v) is 4.50. The number of carbonyl (C=O) groups is 2. The van der Waals surface area contributed by atoms with Crippen molar-refractivity contribution < 1.29 is 9.59 Å². The highest BCUT2D eigenvalue weighted by Crippen LogP contribution is 2.37. The van der Waals surface area contributed by atoms with Crippen molar-refractivity contribution in [3.05, 3.63) is 64.7 Å². The molecule has 2 aromatic carbocycles. The molecule has 0 spiro atoms. The van der Waals surface area contributed by atoms with Gasteiger partial charge in [0.15, 0.2) is 0 Å². The zero-order chi connectivity index (χ0) is 16.5. The van der Waals surface area contributed by atoms with E-state index in [1.807, 2.05) is 30.3 Å². The van der Waals surface area contributed by atoms with Crippen molar-refractivity contribution in [3.63, 3.8) is 0 Å². The number of amides is 2. The van der Waals surface area contributed by atoms with Crippen LogP contribution in [-0.2, 0) is 17.6 Å². The first-order valence-corrected chi connectivity index (χ1v) is 9.18. The Bertz CT molecular complexity index is 819. The summed E-state index contributed by atoms with van der Waals surface area (Å²) >= 11 is 1.67. The SMILES string of the molecule is O=C1NCCc2ccc(NC(=O)[C@H]3SCCc4ccccc43)cc21. The third-order valence-corrected chi connectivity index (χ3v) is 5.77. The Labute approximate surface area is 145 Å². The predicted molar refractivity (Wildman–Crippen MR) is 96.5 cm³/mol. The van der Waals surface area contributed by atoms with Gasteiger partial charge in [0.1, 0.15) is 5.25 Å². The average Bonchev–Trinajstić information content (AvgIpc) is 2.62. The first-order valence-electron chi connectivity index (χ1n) is 8.14. The molecule has 0 unspecified atom stereocenters. The van der Waals surface area contributed by atoms with Gasteiger partial charge in [-0.25, -0.2) is 0 Å². The molecule has 24 heavy (non-hydrogen) atoms. The van der Waals surface area contributed by atoms with Crippen LogP contribution in [0.1, 0.15) is 32.3 Å². The van der Waals surface area contributed by atoms with Gasteiger partial charge < -0.3 is 10.6 Å². The number of rotatable bonds is 2. The fourth-order valence-electron chi connectivity index (χ4n) is 3.31. The minimum Gasteiger partial charge on any atom is -0.352 e. The topological polar surface area (TPSA) is 58.2 Å². The van der Waals surface area contributed by atoms with Crippen molar-refractivity contribution in [1.82, 2.24) is 5.32 Å². The molecule has 4 rings (SSSR count). The van der Waals surface area contributed by atoms with E-state index in [0.29, 0.717) is 17.8 Å². The van der Waals surface area contributed by atoms with Gasteiger partial charge in [-0.1, -0.05) is 30.3 Å². The predicted octanol–water partition coefficient (Wildman–Crippen LogP) is 2.94. The van der Waals surface area contributed by atoms with Crippen molar-refractivity contribution in [2.24, 2.45) is 0 Å². The minimum absolute atomic E-state index is 0.0247. The maximum Gasteiger partial charge on any atom is 0.251 e. The molecule has 0 fully saturated rings. The number of aryl methyl sites for hydroxylation is 1. The summed E-state index contributed by atoms with van der Waals surface area (Å²) in [5, 5.41) is 5.63. The van der Waals surface area contributed by atoms with Gasteiger partial charge in [0.25, 0.3) is 5.91 Å². The number of nitrogens with one attached hydrogen (secondary N) is 2. The summed E-state index contributed by atoms with van der Waals surface area (Å²) in [6.07, 6.45) is 1.84. The van der Waals surface area contributed by atoms with E-state index in [-0.39, 0.29) is 17.1 Å². The van der Waals surface area contributed by atoms with Crippen LogP contribution in [0.2, 0.25) is 0 Å². The fraction of sp³-hybridized carbons (Fsp3) is 0.263. The molecule has 1 atom stereocenters. The third-order valence-electron chi connectivity index (χ3n) is 4.53. The van der Waals surface area contributed by atoms with Gasteiger partial charge in [0, 0.05) is 17.8 Å². The summed E-state index contributed by atoms with van der Waals surface area (Å²) < 4.78 is 0. The minimum atomic E-state index is -0.195. The molecule has 5 heteroatoms. The van der Waals surface area contributed by atoms with Crippen LogP contribution >= 0.6 is 11.8 Å². The lowest BCUT2D eigenvalue weighted by Crippen LogP contribution is -2.32. The van der Waals surface area contributed by atoms with E-state index in [1.165, 1.54) is 5.56 Å². The lowest BCUT2D eigenvalue weighted by atomic mass is 9.99. The highest BCUT2D eigenvalue weighted by Gasteiger charge is 2.27. The Morgan fingerprint density at radius 2 is 2.00 bits per heavy atom. The maximum atomic E-state index is 12.7. The molecule has 0 radical (unpaired) electrons. The molecular weight excluding hydrogens is 320 g/mol. The number of thioether (sulfide) groups is 1. The van der Waals surface area contributed by atoms with Gasteiger partial charge in [-0.2, -0.15) is 0 Å². The van der Waals surface area contributed by atoms with Gasteiger partial charge in [0.2, 0.25) is 5.91 Å². The van der Waals surface area contributed by atoms with Crippen molar-refractivity contribution in [1.29, 1.82) is 0 Å². The number of benzene rings is 2. The third kappa shape index (κ3) is 2.80. The van der Waals surface area contributed by atoms with E-state index >= 15 is 0 Å². The molecule has 0 aromatic heterocycles.